The van der Waals surface area contributed by atoms with E-state index in [1.54, 1.807) is 0 Å². The highest BCUT2D eigenvalue weighted by atomic mass is 16.6. The molecule has 0 radical (unpaired) electrons. The van der Waals surface area contributed by atoms with Crippen LogP contribution in [0.3, 0.4) is 0 Å². The Morgan fingerprint density at radius 2 is 1.90 bits per heavy atom. The van der Waals surface area contributed by atoms with Crippen LogP contribution in [0.4, 0.5) is 4.79 Å². The van der Waals surface area contributed by atoms with Gasteiger partial charge in [-0.25, -0.2) is 4.79 Å². The minimum Gasteiger partial charge on any atom is -0.441 e. The SMILES string of the molecule is CCCN(CCC(OC(N)=O)c1ccccc1)CC(C)C. The summed E-state index contributed by atoms with van der Waals surface area (Å²) in [6.07, 6.45) is 0.906. The van der Waals surface area contributed by atoms with E-state index in [0.717, 1.165) is 38.0 Å². The van der Waals surface area contributed by atoms with Crippen molar-refractivity contribution in [1.82, 2.24) is 4.90 Å². The largest absolute Gasteiger partial charge is 0.441 e. The number of ether oxygens (including phenoxy) is 1. The monoisotopic (exact) mass is 292 g/mol. The number of carbonyl (C=O) groups excluding carboxylic acids is 1. The Labute approximate surface area is 128 Å². The fourth-order valence-corrected chi connectivity index (χ4v) is 2.53. The highest BCUT2D eigenvalue weighted by Gasteiger charge is 2.17. The minimum absolute atomic E-state index is 0.268. The number of amides is 1. The first-order chi connectivity index (χ1) is 10.0. The summed E-state index contributed by atoms with van der Waals surface area (Å²) in [4.78, 5) is 13.5. The zero-order valence-corrected chi connectivity index (χ0v) is 13.4. The van der Waals surface area contributed by atoms with Gasteiger partial charge in [-0.15, -0.1) is 0 Å². The molecule has 0 heterocycles. The van der Waals surface area contributed by atoms with Crippen LogP contribution in [0.1, 0.15) is 45.3 Å². The second-order valence-corrected chi connectivity index (χ2v) is 5.82. The molecule has 118 valence electrons. The summed E-state index contributed by atoms with van der Waals surface area (Å²) in [6.45, 7) is 9.65. The number of benzene rings is 1. The fraction of sp³-hybridized carbons (Fsp3) is 0.588. The Bertz CT molecular complexity index is 407. The number of hydrogen-bond acceptors (Lipinski definition) is 3. The standard InChI is InChI=1S/C17H28N2O2/c1-4-11-19(13-14(2)3)12-10-16(21-17(18)20)15-8-6-5-7-9-15/h5-9,14,16H,4,10-13H2,1-3H3,(H2,18,20). The van der Waals surface area contributed by atoms with Gasteiger partial charge in [0.25, 0.3) is 0 Å². The van der Waals surface area contributed by atoms with Crippen LogP contribution in [0.25, 0.3) is 0 Å². The molecule has 0 bridgehead atoms. The lowest BCUT2D eigenvalue weighted by molar-refractivity contribution is 0.0902. The van der Waals surface area contributed by atoms with Crippen molar-refractivity contribution in [2.24, 2.45) is 11.7 Å². The second-order valence-electron chi connectivity index (χ2n) is 5.82. The van der Waals surface area contributed by atoms with Gasteiger partial charge in [-0.2, -0.15) is 0 Å². The van der Waals surface area contributed by atoms with Crippen molar-refractivity contribution in [3.05, 3.63) is 35.9 Å². The maximum absolute atomic E-state index is 11.1. The van der Waals surface area contributed by atoms with E-state index >= 15 is 0 Å². The molecule has 4 nitrogen and oxygen atoms in total. The summed E-state index contributed by atoms with van der Waals surface area (Å²) >= 11 is 0. The molecule has 0 aliphatic rings. The lowest BCUT2D eigenvalue weighted by atomic mass is 10.1. The molecule has 0 aliphatic heterocycles. The molecule has 1 amide bonds. The van der Waals surface area contributed by atoms with Gasteiger partial charge in [0.2, 0.25) is 0 Å². The molecule has 0 fully saturated rings. The van der Waals surface area contributed by atoms with Crippen LogP contribution in [0.5, 0.6) is 0 Å². The van der Waals surface area contributed by atoms with Gasteiger partial charge in [-0.1, -0.05) is 51.1 Å². The molecule has 1 unspecified atom stereocenters. The zero-order chi connectivity index (χ0) is 15.7. The number of rotatable bonds is 9. The summed E-state index contributed by atoms with van der Waals surface area (Å²) < 4.78 is 5.28. The normalized spacial score (nSPS) is 12.6. The Morgan fingerprint density at radius 3 is 2.43 bits per heavy atom. The average molecular weight is 292 g/mol. The van der Waals surface area contributed by atoms with Crippen LogP contribution >= 0.6 is 0 Å². The lowest BCUT2D eigenvalue weighted by Gasteiger charge is -2.26. The number of nitrogens with two attached hydrogens (primary N) is 1. The fourth-order valence-electron chi connectivity index (χ4n) is 2.53. The molecular weight excluding hydrogens is 264 g/mol. The van der Waals surface area contributed by atoms with Gasteiger partial charge in [0, 0.05) is 19.5 Å². The third-order valence-electron chi connectivity index (χ3n) is 3.30. The van der Waals surface area contributed by atoms with Crippen LogP contribution < -0.4 is 5.73 Å². The third kappa shape index (κ3) is 7.14. The third-order valence-corrected chi connectivity index (χ3v) is 3.30. The van der Waals surface area contributed by atoms with Crippen molar-refractivity contribution in [3.63, 3.8) is 0 Å². The van der Waals surface area contributed by atoms with E-state index in [1.807, 2.05) is 30.3 Å². The molecule has 21 heavy (non-hydrogen) atoms. The van der Waals surface area contributed by atoms with Gasteiger partial charge in [-0.3, -0.25) is 0 Å². The molecule has 1 aromatic carbocycles. The summed E-state index contributed by atoms with van der Waals surface area (Å²) in [5, 5.41) is 0. The zero-order valence-electron chi connectivity index (χ0n) is 13.4. The van der Waals surface area contributed by atoms with Gasteiger partial charge >= 0.3 is 6.09 Å². The molecule has 2 N–H and O–H groups in total. The summed E-state index contributed by atoms with van der Waals surface area (Å²) in [6, 6.07) is 9.79. The van der Waals surface area contributed by atoms with Crippen molar-refractivity contribution >= 4 is 6.09 Å². The van der Waals surface area contributed by atoms with Crippen molar-refractivity contribution in [2.45, 2.75) is 39.7 Å². The molecule has 0 saturated heterocycles. The van der Waals surface area contributed by atoms with Crippen molar-refractivity contribution in [1.29, 1.82) is 0 Å². The topological polar surface area (TPSA) is 55.6 Å². The van der Waals surface area contributed by atoms with E-state index in [1.165, 1.54) is 0 Å². The van der Waals surface area contributed by atoms with E-state index in [9.17, 15) is 4.79 Å². The van der Waals surface area contributed by atoms with Crippen molar-refractivity contribution < 1.29 is 9.53 Å². The average Bonchev–Trinajstić information content (AvgIpc) is 2.43. The van der Waals surface area contributed by atoms with E-state index in [4.69, 9.17) is 10.5 Å². The van der Waals surface area contributed by atoms with Gasteiger partial charge in [-0.05, 0) is 24.4 Å². The van der Waals surface area contributed by atoms with Crippen LogP contribution in [0, 0.1) is 5.92 Å². The minimum atomic E-state index is -0.713. The van der Waals surface area contributed by atoms with Crippen molar-refractivity contribution in [2.75, 3.05) is 19.6 Å². The highest BCUT2D eigenvalue weighted by Crippen LogP contribution is 2.21. The van der Waals surface area contributed by atoms with Crippen molar-refractivity contribution in [3.8, 4) is 0 Å². The first-order valence-electron chi connectivity index (χ1n) is 7.76. The molecule has 1 rings (SSSR count). The Kier molecular flexibility index (Phi) is 7.83. The smallest absolute Gasteiger partial charge is 0.405 e. The molecular formula is C17H28N2O2. The molecule has 0 aliphatic carbocycles. The summed E-state index contributed by atoms with van der Waals surface area (Å²) in [7, 11) is 0. The summed E-state index contributed by atoms with van der Waals surface area (Å²) in [5.41, 5.74) is 6.20. The van der Waals surface area contributed by atoms with E-state index in [-0.39, 0.29) is 6.10 Å². The lowest BCUT2D eigenvalue weighted by Crippen LogP contribution is -2.31. The number of nitrogens with zero attached hydrogens (tertiary/aromatic N) is 1. The van der Waals surface area contributed by atoms with Gasteiger partial charge in [0.15, 0.2) is 0 Å². The van der Waals surface area contributed by atoms with Gasteiger partial charge < -0.3 is 15.4 Å². The maximum atomic E-state index is 11.1. The first kappa shape index (κ1) is 17.5. The Hall–Kier alpha value is -1.55. The molecule has 1 atom stereocenters. The Balaban J connectivity index is 2.65. The van der Waals surface area contributed by atoms with E-state index in [2.05, 4.69) is 25.7 Å². The highest BCUT2D eigenvalue weighted by molar-refractivity contribution is 5.65. The first-order valence-corrected chi connectivity index (χ1v) is 7.76. The molecule has 0 spiro atoms. The van der Waals surface area contributed by atoms with Gasteiger partial charge in [0.05, 0.1) is 0 Å². The molecule has 4 heteroatoms. The molecule has 1 aromatic rings. The van der Waals surface area contributed by atoms with Gasteiger partial charge in [0.1, 0.15) is 6.10 Å². The Morgan fingerprint density at radius 1 is 1.24 bits per heavy atom. The van der Waals surface area contributed by atoms with Crippen LogP contribution in [-0.2, 0) is 4.74 Å². The van der Waals surface area contributed by atoms with Crippen LogP contribution in [0.15, 0.2) is 30.3 Å². The second kappa shape index (κ2) is 9.40. The quantitative estimate of drug-likeness (QED) is 0.757. The number of carbonyl (C=O) groups is 1. The number of primary amides is 1. The summed E-state index contributed by atoms with van der Waals surface area (Å²) in [5.74, 6) is 0.629. The van der Waals surface area contributed by atoms with Crippen LogP contribution in [0.2, 0.25) is 0 Å². The predicted octanol–water partition coefficient (Wildman–Crippen LogP) is 3.58. The molecule has 0 saturated carbocycles. The molecule has 0 aromatic heterocycles. The van der Waals surface area contributed by atoms with E-state index < -0.39 is 6.09 Å². The predicted molar refractivity (Wildman–Crippen MR) is 86.0 cm³/mol. The number of hydrogen-bond donors (Lipinski definition) is 1. The van der Waals surface area contributed by atoms with E-state index in [0.29, 0.717) is 5.92 Å². The maximum Gasteiger partial charge on any atom is 0.405 e. The van der Waals surface area contributed by atoms with Crippen LogP contribution in [-0.4, -0.2) is 30.6 Å².